The molecule has 0 heterocycles. The lowest BCUT2D eigenvalue weighted by Crippen LogP contribution is -2.09. The van der Waals surface area contributed by atoms with Crippen molar-refractivity contribution in [2.75, 3.05) is 0 Å². The second-order valence-electron chi connectivity index (χ2n) is 6.58. The van der Waals surface area contributed by atoms with E-state index in [0.717, 1.165) is 22.3 Å². The maximum absolute atomic E-state index is 13.3. The lowest BCUT2D eigenvalue weighted by atomic mass is 9.94. The molecule has 30 heavy (non-hydrogen) atoms. The summed E-state index contributed by atoms with van der Waals surface area (Å²) in [6, 6.07) is 25.7. The first-order valence-electron chi connectivity index (χ1n) is 9.14. The Morgan fingerprint density at radius 3 is 1.70 bits per heavy atom. The molecule has 0 atom stereocenters. The number of benzene rings is 4. The summed E-state index contributed by atoms with van der Waals surface area (Å²) in [5.41, 5.74) is 4.19. The van der Waals surface area contributed by atoms with Gasteiger partial charge in [0, 0.05) is 12.1 Å². The molecular weight excluding hydrogens is 389 g/mol. The van der Waals surface area contributed by atoms with E-state index in [1.165, 1.54) is 0 Å². The van der Waals surface area contributed by atoms with E-state index in [9.17, 15) is 18.0 Å². The van der Waals surface area contributed by atoms with Gasteiger partial charge >= 0.3 is 5.97 Å². The van der Waals surface area contributed by atoms with Crippen LogP contribution in [-0.2, 0) is 0 Å². The number of ether oxygens (including phenoxy) is 1. The van der Waals surface area contributed by atoms with Crippen molar-refractivity contribution in [3.63, 3.8) is 0 Å². The van der Waals surface area contributed by atoms with E-state index < -0.39 is 29.2 Å². The van der Waals surface area contributed by atoms with Crippen LogP contribution in [0.3, 0.4) is 0 Å². The van der Waals surface area contributed by atoms with E-state index in [2.05, 4.69) is 0 Å². The van der Waals surface area contributed by atoms with E-state index in [1.807, 2.05) is 54.6 Å². The van der Waals surface area contributed by atoms with Crippen molar-refractivity contribution in [3.8, 4) is 28.0 Å². The molecule has 0 fully saturated rings. The molecule has 0 aliphatic carbocycles. The Morgan fingerprint density at radius 2 is 1.13 bits per heavy atom. The Hall–Kier alpha value is -3.86. The maximum Gasteiger partial charge on any atom is 0.343 e. The summed E-state index contributed by atoms with van der Waals surface area (Å²) < 4.78 is 44.6. The highest BCUT2D eigenvalue weighted by atomic mass is 19.2. The van der Waals surface area contributed by atoms with Gasteiger partial charge in [-0.25, -0.2) is 18.0 Å². The van der Waals surface area contributed by atoms with E-state index in [4.69, 9.17) is 4.74 Å². The van der Waals surface area contributed by atoms with Crippen molar-refractivity contribution < 1.29 is 22.7 Å². The van der Waals surface area contributed by atoms with Gasteiger partial charge in [0.15, 0.2) is 17.5 Å². The fraction of sp³-hybridized carbons (Fsp3) is 0. The molecule has 0 saturated heterocycles. The monoisotopic (exact) mass is 404 g/mol. The second kappa shape index (κ2) is 8.25. The number of esters is 1. The van der Waals surface area contributed by atoms with Gasteiger partial charge in [-0.3, -0.25) is 0 Å². The quantitative estimate of drug-likeness (QED) is 0.216. The molecule has 5 heteroatoms. The third-order valence-electron chi connectivity index (χ3n) is 4.61. The van der Waals surface area contributed by atoms with Gasteiger partial charge < -0.3 is 4.74 Å². The van der Waals surface area contributed by atoms with Gasteiger partial charge in [0.1, 0.15) is 5.75 Å². The summed E-state index contributed by atoms with van der Waals surface area (Å²) >= 11 is 0. The molecule has 0 radical (unpaired) electrons. The minimum atomic E-state index is -1.61. The molecule has 0 bridgehead atoms. The SMILES string of the molecule is O=C(Oc1cc(F)c(F)c(F)c1)c1ccc(-c2ccccc2-c2ccccc2)cc1. The molecule has 0 unspecified atom stereocenters. The first kappa shape index (κ1) is 19.5. The van der Waals surface area contributed by atoms with E-state index in [0.29, 0.717) is 12.1 Å². The summed E-state index contributed by atoms with van der Waals surface area (Å²) in [5.74, 6) is -5.68. The van der Waals surface area contributed by atoms with Gasteiger partial charge in [0.25, 0.3) is 0 Å². The van der Waals surface area contributed by atoms with Crippen molar-refractivity contribution in [3.05, 3.63) is 114 Å². The predicted octanol–water partition coefficient (Wildman–Crippen LogP) is 6.66. The minimum absolute atomic E-state index is 0.195. The van der Waals surface area contributed by atoms with Gasteiger partial charge in [-0.2, -0.15) is 0 Å². The zero-order chi connectivity index (χ0) is 21.1. The highest BCUT2D eigenvalue weighted by Gasteiger charge is 2.15. The number of carbonyl (C=O) groups is 1. The maximum atomic E-state index is 13.3. The average Bonchev–Trinajstić information content (AvgIpc) is 2.78. The third-order valence-corrected chi connectivity index (χ3v) is 4.61. The van der Waals surface area contributed by atoms with Crippen molar-refractivity contribution in [2.24, 2.45) is 0 Å². The largest absolute Gasteiger partial charge is 0.423 e. The third kappa shape index (κ3) is 3.96. The van der Waals surface area contributed by atoms with Crippen LogP contribution in [-0.4, -0.2) is 5.97 Å². The van der Waals surface area contributed by atoms with Crippen LogP contribution in [0.4, 0.5) is 13.2 Å². The lowest BCUT2D eigenvalue weighted by molar-refractivity contribution is 0.0733. The first-order chi connectivity index (χ1) is 14.5. The molecule has 0 aromatic heterocycles. The molecule has 0 amide bonds. The van der Waals surface area contributed by atoms with Crippen LogP contribution in [0.2, 0.25) is 0 Å². The molecule has 4 aromatic rings. The molecule has 0 saturated carbocycles. The Kier molecular flexibility index (Phi) is 5.35. The summed E-state index contributed by atoms with van der Waals surface area (Å²) in [6.45, 7) is 0. The molecule has 2 nitrogen and oxygen atoms in total. The van der Waals surface area contributed by atoms with Crippen LogP contribution in [0.25, 0.3) is 22.3 Å². The molecule has 0 aliphatic rings. The van der Waals surface area contributed by atoms with Crippen LogP contribution in [0.15, 0.2) is 91.0 Å². The summed E-state index contributed by atoms with van der Waals surface area (Å²) in [4.78, 5) is 12.3. The molecule has 0 N–H and O–H groups in total. The number of hydrogen-bond donors (Lipinski definition) is 0. The molecule has 4 aromatic carbocycles. The summed E-state index contributed by atoms with van der Waals surface area (Å²) in [5, 5.41) is 0. The van der Waals surface area contributed by atoms with Crippen molar-refractivity contribution in [1.82, 2.24) is 0 Å². The van der Waals surface area contributed by atoms with Gasteiger partial charge in [0.05, 0.1) is 5.56 Å². The normalized spacial score (nSPS) is 10.6. The van der Waals surface area contributed by atoms with Crippen molar-refractivity contribution >= 4 is 5.97 Å². The van der Waals surface area contributed by atoms with E-state index in [1.54, 1.807) is 24.3 Å². The van der Waals surface area contributed by atoms with Gasteiger partial charge in [-0.05, 0) is 34.4 Å². The molecular formula is C25H15F3O2. The molecule has 0 spiro atoms. The Morgan fingerprint density at radius 1 is 0.633 bits per heavy atom. The number of carbonyl (C=O) groups excluding carboxylic acids is 1. The van der Waals surface area contributed by atoms with Gasteiger partial charge in [-0.1, -0.05) is 66.7 Å². The first-order valence-corrected chi connectivity index (χ1v) is 9.14. The molecule has 4 rings (SSSR count). The summed E-state index contributed by atoms with van der Waals surface area (Å²) in [6.07, 6.45) is 0. The summed E-state index contributed by atoms with van der Waals surface area (Å²) in [7, 11) is 0. The highest BCUT2D eigenvalue weighted by Crippen LogP contribution is 2.32. The van der Waals surface area contributed by atoms with Crippen LogP contribution in [0, 0.1) is 17.5 Å². The predicted molar refractivity (Wildman–Crippen MR) is 109 cm³/mol. The van der Waals surface area contributed by atoms with Crippen LogP contribution in [0.1, 0.15) is 10.4 Å². The molecule has 0 aliphatic heterocycles. The Labute approximate surface area is 171 Å². The van der Waals surface area contributed by atoms with Crippen LogP contribution < -0.4 is 4.74 Å². The second-order valence-corrected chi connectivity index (χ2v) is 6.58. The highest BCUT2D eigenvalue weighted by molar-refractivity contribution is 5.92. The molecule has 148 valence electrons. The Balaban J connectivity index is 1.59. The zero-order valence-electron chi connectivity index (χ0n) is 15.6. The van der Waals surface area contributed by atoms with Crippen molar-refractivity contribution in [1.29, 1.82) is 0 Å². The topological polar surface area (TPSA) is 26.3 Å². The fourth-order valence-electron chi connectivity index (χ4n) is 3.15. The lowest BCUT2D eigenvalue weighted by Gasteiger charge is -2.11. The zero-order valence-corrected chi connectivity index (χ0v) is 15.6. The minimum Gasteiger partial charge on any atom is -0.423 e. The fourth-order valence-corrected chi connectivity index (χ4v) is 3.15. The van der Waals surface area contributed by atoms with Gasteiger partial charge in [-0.15, -0.1) is 0 Å². The van der Waals surface area contributed by atoms with Crippen LogP contribution >= 0.6 is 0 Å². The van der Waals surface area contributed by atoms with E-state index >= 15 is 0 Å². The number of rotatable bonds is 4. The number of hydrogen-bond acceptors (Lipinski definition) is 2. The van der Waals surface area contributed by atoms with Crippen LogP contribution in [0.5, 0.6) is 5.75 Å². The number of halogens is 3. The average molecular weight is 404 g/mol. The van der Waals surface area contributed by atoms with Crippen molar-refractivity contribution in [2.45, 2.75) is 0 Å². The van der Waals surface area contributed by atoms with Gasteiger partial charge in [0.2, 0.25) is 0 Å². The van der Waals surface area contributed by atoms with E-state index in [-0.39, 0.29) is 5.56 Å². The standard InChI is InChI=1S/C25H15F3O2/c26-22-14-19(15-23(27)24(22)28)30-25(29)18-12-10-17(11-13-18)21-9-5-4-8-20(21)16-6-2-1-3-7-16/h1-15H. The smallest absolute Gasteiger partial charge is 0.343 e. The Bertz CT molecular complexity index is 1180.